The Labute approximate surface area is 98.2 Å². The van der Waals surface area contributed by atoms with E-state index in [0.717, 1.165) is 11.1 Å². The van der Waals surface area contributed by atoms with Crippen molar-refractivity contribution in [2.75, 3.05) is 5.32 Å². The molecule has 0 radical (unpaired) electrons. The van der Waals surface area contributed by atoms with Crippen LogP contribution in [0.5, 0.6) is 0 Å². The first-order chi connectivity index (χ1) is 8.28. The van der Waals surface area contributed by atoms with E-state index in [1.807, 2.05) is 24.3 Å². The molecular formula is C12H12FN3O. The molecule has 2 N–H and O–H groups in total. The lowest BCUT2D eigenvalue weighted by Gasteiger charge is -2.06. The highest BCUT2D eigenvalue weighted by atomic mass is 19.1. The number of aliphatic hydroxyl groups excluding tert-OH is 1. The molecule has 0 spiro atoms. The molecule has 0 aliphatic carbocycles. The summed E-state index contributed by atoms with van der Waals surface area (Å²) in [5, 5.41) is 12.0. The predicted octanol–water partition coefficient (Wildman–Crippen LogP) is 1.72. The van der Waals surface area contributed by atoms with Crippen LogP contribution in [0, 0.1) is 5.95 Å². The smallest absolute Gasteiger partial charge is 0.217 e. The number of aliphatic hydroxyl groups is 1. The summed E-state index contributed by atoms with van der Waals surface area (Å²) in [4.78, 5) is 7.26. The average molecular weight is 233 g/mol. The lowest BCUT2D eigenvalue weighted by atomic mass is 10.1. The molecule has 2 aromatic rings. The van der Waals surface area contributed by atoms with Gasteiger partial charge in [0.05, 0.1) is 6.61 Å². The van der Waals surface area contributed by atoms with Crippen molar-refractivity contribution in [3.63, 3.8) is 0 Å². The number of halogens is 1. The van der Waals surface area contributed by atoms with Gasteiger partial charge in [-0.3, -0.25) is 0 Å². The number of hydrogen-bond acceptors (Lipinski definition) is 4. The molecule has 5 heteroatoms. The molecule has 17 heavy (non-hydrogen) atoms. The molecular weight excluding hydrogens is 221 g/mol. The van der Waals surface area contributed by atoms with Gasteiger partial charge in [0.2, 0.25) is 5.95 Å². The van der Waals surface area contributed by atoms with Crippen LogP contribution in [0.1, 0.15) is 11.1 Å². The maximum Gasteiger partial charge on any atom is 0.217 e. The summed E-state index contributed by atoms with van der Waals surface area (Å²) < 4.78 is 12.8. The number of rotatable bonds is 4. The zero-order valence-corrected chi connectivity index (χ0v) is 9.10. The first kappa shape index (κ1) is 11.5. The van der Waals surface area contributed by atoms with Crippen LogP contribution >= 0.6 is 0 Å². The maximum absolute atomic E-state index is 12.8. The highest BCUT2D eigenvalue weighted by Gasteiger charge is 1.98. The minimum atomic E-state index is -0.563. The van der Waals surface area contributed by atoms with E-state index < -0.39 is 5.95 Å². The molecule has 0 amide bonds. The molecule has 1 aromatic heterocycles. The summed E-state index contributed by atoms with van der Waals surface area (Å²) in [6.07, 6.45) is 1.17. The predicted molar refractivity (Wildman–Crippen MR) is 61.7 cm³/mol. The molecule has 1 aromatic carbocycles. The van der Waals surface area contributed by atoms with E-state index in [4.69, 9.17) is 5.11 Å². The van der Waals surface area contributed by atoms with Crippen molar-refractivity contribution in [3.8, 4) is 0 Å². The third-order valence-corrected chi connectivity index (χ3v) is 2.28. The fourth-order valence-electron chi connectivity index (χ4n) is 1.46. The molecule has 4 nitrogen and oxygen atoms in total. The van der Waals surface area contributed by atoms with Gasteiger partial charge < -0.3 is 10.4 Å². The van der Waals surface area contributed by atoms with E-state index in [9.17, 15) is 4.39 Å². The van der Waals surface area contributed by atoms with E-state index in [1.54, 1.807) is 0 Å². The molecule has 0 saturated heterocycles. The Morgan fingerprint density at radius 2 is 2.00 bits per heavy atom. The van der Waals surface area contributed by atoms with Crippen LogP contribution in [-0.4, -0.2) is 15.1 Å². The van der Waals surface area contributed by atoms with Crippen LogP contribution in [-0.2, 0) is 13.2 Å². The van der Waals surface area contributed by atoms with Gasteiger partial charge in [-0.1, -0.05) is 24.3 Å². The van der Waals surface area contributed by atoms with Crippen molar-refractivity contribution in [2.45, 2.75) is 13.2 Å². The first-order valence-corrected chi connectivity index (χ1v) is 5.18. The Balaban J connectivity index is 2.02. The Morgan fingerprint density at radius 3 is 2.76 bits per heavy atom. The minimum Gasteiger partial charge on any atom is -0.392 e. The van der Waals surface area contributed by atoms with Crippen LogP contribution in [0.2, 0.25) is 0 Å². The zero-order chi connectivity index (χ0) is 12.1. The van der Waals surface area contributed by atoms with Crippen molar-refractivity contribution in [1.29, 1.82) is 0 Å². The van der Waals surface area contributed by atoms with E-state index in [0.29, 0.717) is 12.4 Å². The maximum atomic E-state index is 12.8. The molecule has 0 aliphatic rings. The van der Waals surface area contributed by atoms with Gasteiger partial charge in [0.1, 0.15) is 12.1 Å². The van der Waals surface area contributed by atoms with Crippen LogP contribution < -0.4 is 5.32 Å². The largest absolute Gasteiger partial charge is 0.392 e. The van der Waals surface area contributed by atoms with Gasteiger partial charge >= 0.3 is 0 Å². The fourth-order valence-corrected chi connectivity index (χ4v) is 1.46. The number of nitrogens with zero attached hydrogens (tertiary/aromatic N) is 2. The Bertz CT molecular complexity index is 505. The second-order valence-corrected chi connectivity index (χ2v) is 3.56. The number of nitrogens with one attached hydrogen (secondary N) is 1. The summed E-state index contributed by atoms with van der Waals surface area (Å²) in [6, 6.07) is 8.74. The summed E-state index contributed by atoms with van der Waals surface area (Å²) in [6.45, 7) is 0.528. The van der Waals surface area contributed by atoms with Gasteiger partial charge in [-0.15, -0.1) is 0 Å². The summed E-state index contributed by atoms with van der Waals surface area (Å²) in [7, 11) is 0. The monoisotopic (exact) mass is 233 g/mol. The Morgan fingerprint density at radius 1 is 1.18 bits per heavy atom. The van der Waals surface area contributed by atoms with Crippen molar-refractivity contribution in [3.05, 3.63) is 53.7 Å². The van der Waals surface area contributed by atoms with Gasteiger partial charge in [-0.05, 0) is 11.1 Å². The van der Waals surface area contributed by atoms with Gasteiger partial charge in [-0.2, -0.15) is 4.39 Å². The van der Waals surface area contributed by atoms with Gasteiger partial charge in [0.25, 0.3) is 0 Å². The fraction of sp³-hybridized carbons (Fsp3) is 0.167. The molecule has 0 unspecified atom stereocenters. The van der Waals surface area contributed by atoms with E-state index in [1.165, 1.54) is 12.4 Å². The lowest BCUT2D eigenvalue weighted by Crippen LogP contribution is -2.02. The molecule has 0 fully saturated rings. The molecule has 0 atom stereocenters. The number of hydrogen-bond donors (Lipinski definition) is 2. The van der Waals surface area contributed by atoms with Crippen LogP contribution in [0.15, 0.2) is 36.7 Å². The van der Waals surface area contributed by atoms with Crippen molar-refractivity contribution >= 4 is 5.82 Å². The highest BCUT2D eigenvalue weighted by molar-refractivity contribution is 5.34. The normalized spacial score (nSPS) is 10.2. The first-order valence-electron chi connectivity index (χ1n) is 5.18. The van der Waals surface area contributed by atoms with Gasteiger partial charge in [0, 0.05) is 12.6 Å². The van der Waals surface area contributed by atoms with Gasteiger partial charge in [-0.25, -0.2) is 9.97 Å². The van der Waals surface area contributed by atoms with E-state index in [-0.39, 0.29) is 6.61 Å². The average Bonchev–Trinajstić information content (AvgIpc) is 2.37. The second kappa shape index (κ2) is 5.36. The van der Waals surface area contributed by atoms with E-state index >= 15 is 0 Å². The van der Waals surface area contributed by atoms with Gasteiger partial charge in [0.15, 0.2) is 0 Å². The number of aromatic nitrogens is 2. The van der Waals surface area contributed by atoms with Crippen LogP contribution in [0.3, 0.4) is 0 Å². The summed E-state index contributed by atoms with van der Waals surface area (Å²) in [5.41, 5.74) is 1.84. The topological polar surface area (TPSA) is 58.0 Å². The quantitative estimate of drug-likeness (QED) is 0.789. The van der Waals surface area contributed by atoms with E-state index in [2.05, 4.69) is 15.3 Å². The molecule has 0 aliphatic heterocycles. The molecule has 1 heterocycles. The van der Waals surface area contributed by atoms with Crippen LogP contribution in [0.4, 0.5) is 10.2 Å². The Kier molecular flexibility index (Phi) is 3.62. The lowest BCUT2D eigenvalue weighted by molar-refractivity contribution is 0.281. The Hall–Kier alpha value is -2.01. The molecule has 2 rings (SSSR count). The number of benzene rings is 1. The number of anilines is 1. The second-order valence-electron chi connectivity index (χ2n) is 3.56. The van der Waals surface area contributed by atoms with Crippen molar-refractivity contribution in [2.24, 2.45) is 0 Å². The zero-order valence-electron chi connectivity index (χ0n) is 9.10. The van der Waals surface area contributed by atoms with Crippen LogP contribution in [0.25, 0.3) is 0 Å². The van der Waals surface area contributed by atoms with Crippen molar-refractivity contribution < 1.29 is 9.50 Å². The third kappa shape index (κ3) is 3.22. The minimum absolute atomic E-state index is 0.00990. The molecule has 0 saturated carbocycles. The molecule has 88 valence electrons. The van der Waals surface area contributed by atoms with Crippen molar-refractivity contribution in [1.82, 2.24) is 9.97 Å². The highest BCUT2D eigenvalue weighted by Crippen LogP contribution is 2.08. The third-order valence-electron chi connectivity index (χ3n) is 2.28. The summed E-state index contributed by atoms with van der Waals surface area (Å²) in [5.74, 6) is -0.126. The summed E-state index contributed by atoms with van der Waals surface area (Å²) >= 11 is 0. The SMILES string of the molecule is OCc1cccc(CNc2cc(F)ncn2)c1. The standard InChI is InChI=1S/C12H12FN3O/c13-11-5-12(16-8-15-11)14-6-9-2-1-3-10(4-9)7-17/h1-5,8,17H,6-7H2,(H,14,15,16). The molecule has 0 bridgehead atoms.